The number of benzene rings is 2. The van der Waals surface area contributed by atoms with Crippen LogP contribution < -0.4 is 4.90 Å². The number of aliphatic hydroxyl groups is 1. The number of aliphatic hydroxyl groups excluding tert-OH is 1. The number of anilines is 1. The first kappa shape index (κ1) is 18.8. The number of carbonyl (C=O) groups is 1. The van der Waals surface area contributed by atoms with Crippen molar-refractivity contribution >= 4 is 39.3 Å². The molecule has 2 aromatic rings. The van der Waals surface area contributed by atoms with Gasteiger partial charge in [-0.05, 0) is 53.0 Å². The molecule has 0 aliphatic rings. The molecule has 0 spiro atoms. The molecule has 0 saturated carbocycles. The Balaban J connectivity index is 2.14. The summed E-state index contributed by atoms with van der Waals surface area (Å²) in [4.78, 5) is 13.7. The Kier molecular flexibility index (Phi) is 7.09. The Bertz CT molecular complexity index is 681. The van der Waals surface area contributed by atoms with Crippen molar-refractivity contribution in [2.75, 3.05) is 18.1 Å². The highest BCUT2D eigenvalue weighted by atomic mass is 79.9. The molecule has 0 saturated heterocycles. The molecule has 4 nitrogen and oxygen atoms in total. The van der Waals surface area contributed by atoms with Crippen LogP contribution in [-0.2, 0) is 4.74 Å². The van der Waals surface area contributed by atoms with Gasteiger partial charge in [0.25, 0.3) is 0 Å². The molecule has 0 heterocycles. The lowest BCUT2D eigenvalue weighted by atomic mass is 10.1. The van der Waals surface area contributed by atoms with Gasteiger partial charge < -0.3 is 9.84 Å². The molecular weight excluding hydrogens is 394 g/mol. The second-order valence-corrected chi connectivity index (χ2v) is 6.43. The molecule has 24 heavy (non-hydrogen) atoms. The minimum Gasteiger partial charge on any atom is -0.449 e. The van der Waals surface area contributed by atoms with Crippen LogP contribution in [0.15, 0.2) is 53.0 Å². The molecule has 2 rings (SSSR count). The normalized spacial score (nSPS) is 11.8. The van der Waals surface area contributed by atoms with Crippen molar-refractivity contribution in [3.63, 3.8) is 0 Å². The smallest absolute Gasteiger partial charge is 0.414 e. The zero-order valence-corrected chi connectivity index (χ0v) is 15.6. The summed E-state index contributed by atoms with van der Waals surface area (Å²) < 4.78 is 5.87. The van der Waals surface area contributed by atoms with Gasteiger partial charge in [0.05, 0.1) is 17.7 Å². The minimum absolute atomic E-state index is 0.279. The van der Waals surface area contributed by atoms with E-state index < -0.39 is 12.2 Å². The fourth-order valence-corrected chi connectivity index (χ4v) is 2.69. The van der Waals surface area contributed by atoms with Crippen molar-refractivity contribution < 1.29 is 14.6 Å². The zero-order chi connectivity index (χ0) is 17.5. The predicted molar refractivity (Wildman–Crippen MR) is 99.5 cm³/mol. The summed E-state index contributed by atoms with van der Waals surface area (Å²) in [5, 5.41) is 10.8. The number of hydrogen-bond donors (Lipinski definition) is 1. The van der Waals surface area contributed by atoms with E-state index in [1.807, 2.05) is 30.3 Å². The monoisotopic (exact) mass is 411 g/mol. The van der Waals surface area contributed by atoms with Crippen molar-refractivity contribution in [2.24, 2.45) is 0 Å². The number of halogens is 2. The summed E-state index contributed by atoms with van der Waals surface area (Å²) in [6.07, 6.45) is -0.735. The molecule has 0 bridgehead atoms. The van der Waals surface area contributed by atoms with Crippen molar-refractivity contribution in [1.82, 2.24) is 0 Å². The molecule has 1 unspecified atom stereocenters. The molecule has 1 atom stereocenters. The van der Waals surface area contributed by atoms with E-state index in [1.54, 1.807) is 25.1 Å². The molecule has 0 fully saturated rings. The van der Waals surface area contributed by atoms with Crippen LogP contribution in [-0.4, -0.2) is 24.4 Å². The molecular formula is C18H19BrClNO3. The Labute approximate surface area is 155 Å². The van der Waals surface area contributed by atoms with E-state index in [0.717, 1.165) is 10.0 Å². The highest BCUT2D eigenvalue weighted by Gasteiger charge is 2.19. The Morgan fingerprint density at radius 1 is 1.29 bits per heavy atom. The summed E-state index contributed by atoms with van der Waals surface area (Å²) >= 11 is 9.46. The number of nitrogens with zero attached hydrogens (tertiary/aromatic N) is 1. The number of hydrogen-bond acceptors (Lipinski definition) is 3. The van der Waals surface area contributed by atoms with Crippen molar-refractivity contribution in [3.05, 3.63) is 63.6 Å². The van der Waals surface area contributed by atoms with E-state index in [2.05, 4.69) is 15.9 Å². The van der Waals surface area contributed by atoms with Crippen LogP contribution in [0, 0.1) is 0 Å². The predicted octanol–water partition coefficient (Wildman–Crippen LogP) is 5.19. The van der Waals surface area contributed by atoms with E-state index in [-0.39, 0.29) is 6.61 Å². The van der Waals surface area contributed by atoms with Crippen LogP contribution >= 0.6 is 27.5 Å². The summed E-state index contributed by atoms with van der Waals surface area (Å²) in [5.74, 6) is 0. The summed E-state index contributed by atoms with van der Waals surface area (Å²) in [6, 6.07) is 14.6. The summed E-state index contributed by atoms with van der Waals surface area (Å²) in [6.45, 7) is 2.34. The number of ether oxygens (including phenoxy) is 1. The summed E-state index contributed by atoms with van der Waals surface area (Å²) in [5.41, 5.74) is 1.44. The van der Waals surface area contributed by atoms with Crippen LogP contribution in [0.4, 0.5) is 10.5 Å². The van der Waals surface area contributed by atoms with E-state index in [9.17, 15) is 9.90 Å². The third-order valence-corrected chi connectivity index (χ3v) is 4.75. The van der Waals surface area contributed by atoms with Crippen molar-refractivity contribution in [3.8, 4) is 0 Å². The Hall–Kier alpha value is -1.56. The minimum atomic E-state index is -0.658. The van der Waals surface area contributed by atoms with Gasteiger partial charge in [-0.15, -0.1) is 0 Å². The van der Waals surface area contributed by atoms with Gasteiger partial charge in [0.1, 0.15) is 0 Å². The third kappa shape index (κ3) is 4.97. The molecule has 0 aliphatic heterocycles. The van der Waals surface area contributed by atoms with E-state index >= 15 is 0 Å². The molecule has 0 aromatic heterocycles. The largest absolute Gasteiger partial charge is 0.449 e. The van der Waals surface area contributed by atoms with E-state index in [0.29, 0.717) is 23.7 Å². The summed E-state index contributed by atoms with van der Waals surface area (Å²) in [7, 11) is 0. The number of amides is 1. The van der Waals surface area contributed by atoms with Crippen LogP contribution in [0.2, 0.25) is 5.02 Å². The van der Waals surface area contributed by atoms with Crippen LogP contribution in [0.25, 0.3) is 0 Å². The van der Waals surface area contributed by atoms with Gasteiger partial charge >= 0.3 is 6.09 Å². The van der Waals surface area contributed by atoms with Crippen LogP contribution in [0.1, 0.15) is 25.0 Å². The Morgan fingerprint density at radius 3 is 2.62 bits per heavy atom. The lowest BCUT2D eigenvalue weighted by Gasteiger charge is -2.23. The molecule has 0 radical (unpaired) electrons. The average molecular weight is 413 g/mol. The number of rotatable bonds is 6. The van der Waals surface area contributed by atoms with Gasteiger partial charge in [-0.3, -0.25) is 4.90 Å². The average Bonchev–Trinajstić information content (AvgIpc) is 2.59. The van der Waals surface area contributed by atoms with Gasteiger partial charge in [-0.25, -0.2) is 4.79 Å². The molecule has 0 aliphatic carbocycles. The topological polar surface area (TPSA) is 49.8 Å². The maximum absolute atomic E-state index is 12.3. The van der Waals surface area contributed by atoms with Gasteiger partial charge in [-0.1, -0.05) is 41.9 Å². The SMILES string of the molecule is CCOC(=O)N(CCC(O)c1ccccc1)c1ccc(Br)c(Cl)c1. The molecule has 128 valence electrons. The zero-order valence-electron chi connectivity index (χ0n) is 13.3. The molecule has 1 amide bonds. The fraction of sp³-hybridized carbons (Fsp3) is 0.278. The van der Waals surface area contributed by atoms with Gasteiger partial charge in [-0.2, -0.15) is 0 Å². The maximum atomic E-state index is 12.3. The first-order valence-electron chi connectivity index (χ1n) is 7.65. The molecule has 6 heteroatoms. The van der Waals surface area contributed by atoms with Gasteiger partial charge in [0.2, 0.25) is 0 Å². The first-order chi connectivity index (χ1) is 11.5. The lowest BCUT2D eigenvalue weighted by Crippen LogP contribution is -2.33. The lowest BCUT2D eigenvalue weighted by molar-refractivity contribution is 0.152. The standard InChI is InChI=1S/C18H19BrClNO3/c1-2-24-18(23)21(14-8-9-15(19)16(20)12-14)11-10-17(22)13-6-4-3-5-7-13/h3-9,12,17,22H,2,10-11H2,1H3. The quantitative estimate of drug-likeness (QED) is 0.710. The highest BCUT2D eigenvalue weighted by Crippen LogP contribution is 2.29. The van der Waals surface area contributed by atoms with Crippen LogP contribution in [0.3, 0.4) is 0 Å². The first-order valence-corrected chi connectivity index (χ1v) is 8.82. The van der Waals surface area contributed by atoms with Gasteiger partial charge in [0.15, 0.2) is 0 Å². The van der Waals surface area contributed by atoms with E-state index in [1.165, 1.54) is 4.90 Å². The highest BCUT2D eigenvalue weighted by molar-refractivity contribution is 9.10. The maximum Gasteiger partial charge on any atom is 0.414 e. The number of carbonyl (C=O) groups excluding carboxylic acids is 1. The van der Waals surface area contributed by atoms with Crippen molar-refractivity contribution in [1.29, 1.82) is 0 Å². The molecule has 1 N–H and O–H groups in total. The third-order valence-electron chi connectivity index (χ3n) is 3.51. The van der Waals surface area contributed by atoms with Crippen LogP contribution in [0.5, 0.6) is 0 Å². The molecule has 2 aromatic carbocycles. The van der Waals surface area contributed by atoms with Crippen molar-refractivity contribution in [2.45, 2.75) is 19.4 Å². The van der Waals surface area contributed by atoms with E-state index in [4.69, 9.17) is 16.3 Å². The Morgan fingerprint density at radius 2 is 2.00 bits per heavy atom. The van der Waals surface area contributed by atoms with Gasteiger partial charge in [0, 0.05) is 16.7 Å². The second kappa shape index (κ2) is 9.06. The fourth-order valence-electron chi connectivity index (χ4n) is 2.27. The second-order valence-electron chi connectivity index (χ2n) is 5.16.